The molecule has 1 N–H and O–H groups in total. The van der Waals surface area contributed by atoms with Gasteiger partial charge in [0.15, 0.2) is 0 Å². The van der Waals surface area contributed by atoms with Gasteiger partial charge in [-0.2, -0.15) is 0 Å². The third kappa shape index (κ3) is 5.02. The molecule has 5 nitrogen and oxygen atoms in total. The van der Waals surface area contributed by atoms with Crippen LogP contribution >= 0.6 is 0 Å². The van der Waals surface area contributed by atoms with E-state index < -0.39 is 0 Å². The van der Waals surface area contributed by atoms with Crippen LogP contribution in [0.3, 0.4) is 0 Å². The van der Waals surface area contributed by atoms with Gasteiger partial charge in [0.05, 0.1) is 6.04 Å². The van der Waals surface area contributed by atoms with Crippen LogP contribution in [0.15, 0.2) is 54.6 Å². The quantitative estimate of drug-likeness (QED) is 0.799. The van der Waals surface area contributed by atoms with E-state index >= 15 is 0 Å². The second-order valence-electron chi connectivity index (χ2n) is 8.61. The normalized spacial score (nSPS) is 23.4. The van der Waals surface area contributed by atoms with Gasteiger partial charge in [0.1, 0.15) is 11.9 Å². The number of amides is 1. The van der Waals surface area contributed by atoms with Crippen molar-refractivity contribution < 1.29 is 9.53 Å². The van der Waals surface area contributed by atoms with E-state index in [-0.39, 0.29) is 18.1 Å². The summed E-state index contributed by atoms with van der Waals surface area (Å²) in [6.45, 7) is 6.11. The topological polar surface area (TPSA) is 44.8 Å². The van der Waals surface area contributed by atoms with Gasteiger partial charge in [-0.05, 0) is 50.6 Å². The van der Waals surface area contributed by atoms with Crippen molar-refractivity contribution in [1.29, 1.82) is 0 Å². The van der Waals surface area contributed by atoms with Crippen molar-refractivity contribution in [2.24, 2.45) is 0 Å². The lowest BCUT2D eigenvalue weighted by molar-refractivity contribution is -0.126. The molecule has 0 spiro atoms. The lowest BCUT2D eigenvalue weighted by Crippen LogP contribution is -2.50. The van der Waals surface area contributed by atoms with Crippen LogP contribution in [-0.2, 0) is 11.3 Å². The molecule has 2 aliphatic heterocycles. The zero-order chi connectivity index (χ0) is 20.9. The molecule has 1 amide bonds. The fourth-order valence-corrected chi connectivity index (χ4v) is 4.90. The number of ether oxygens (including phenoxy) is 1. The number of aryl methyl sites for hydroxylation is 1. The van der Waals surface area contributed by atoms with Gasteiger partial charge in [0.2, 0.25) is 5.91 Å². The molecule has 0 aliphatic carbocycles. The molecule has 0 radical (unpaired) electrons. The molecule has 2 atom stereocenters. The Balaban J connectivity index is 1.36. The number of hydrogen-bond acceptors (Lipinski definition) is 4. The lowest BCUT2D eigenvalue weighted by atomic mass is 10.0. The summed E-state index contributed by atoms with van der Waals surface area (Å²) < 4.78 is 6.20. The van der Waals surface area contributed by atoms with Crippen molar-refractivity contribution in [3.8, 4) is 5.75 Å². The van der Waals surface area contributed by atoms with Crippen LogP contribution in [0.25, 0.3) is 0 Å². The maximum absolute atomic E-state index is 12.6. The van der Waals surface area contributed by atoms with Crippen LogP contribution in [0, 0.1) is 6.92 Å². The summed E-state index contributed by atoms with van der Waals surface area (Å²) in [5, 5.41) is 2.86. The highest BCUT2D eigenvalue weighted by Crippen LogP contribution is 2.29. The highest BCUT2D eigenvalue weighted by molar-refractivity contribution is 5.81. The van der Waals surface area contributed by atoms with Crippen molar-refractivity contribution >= 4 is 5.91 Å². The Labute approximate surface area is 180 Å². The number of hydrogen-bond donors (Lipinski definition) is 1. The van der Waals surface area contributed by atoms with Crippen LogP contribution in [0.2, 0.25) is 0 Å². The first-order chi connectivity index (χ1) is 14.6. The smallest absolute Gasteiger partial charge is 0.237 e. The average molecular weight is 408 g/mol. The zero-order valence-electron chi connectivity index (χ0n) is 18.1. The largest absolute Gasteiger partial charge is 0.489 e. The summed E-state index contributed by atoms with van der Waals surface area (Å²) in [6, 6.07) is 19.1. The number of nitrogens with zero attached hydrogens (tertiary/aromatic N) is 2. The highest BCUT2D eigenvalue weighted by atomic mass is 16.5. The predicted molar refractivity (Wildman–Crippen MR) is 120 cm³/mol. The van der Waals surface area contributed by atoms with Gasteiger partial charge in [-0.15, -0.1) is 0 Å². The Morgan fingerprint density at radius 3 is 2.57 bits per heavy atom. The van der Waals surface area contributed by atoms with Gasteiger partial charge in [-0.25, -0.2) is 0 Å². The molecule has 2 heterocycles. The first kappa shape index (κ1) is 20.9. The molecule has 0 saturated carbocycles. The van der Waals surface area contributed by atoms with Gasteiger partial charge < -0.3 is 10.1 Å². The third-order valence-electron chi connectivity index (χ3n) is 6.41. The molecule has 5 heteroatoms. The van der Waals surface area contributed by atoms with Crippen LogP contribution in [0.1, 0.15) is 30.4 Å². The number of carbonyl (C=O) groups is 1. The van der Waals surface area contributed by atoms with Crippen LogP contribution in [0.4, 0.5) is 0 Å². The van der Waals surface area contributed by atoms with Gasteiger partial charge in [0.25, 0.3) is 0 Å². The number of carbonyl (C=O) groups excluding carboxylic acids is 1. The number of piperidine rings is 1. The maximum Gasteiger partial charge on any atom is 0.237 e. The minimum absolute atomic E-state index is 0.0556. The fourth-order valence-electron chi connectivity index (χ4n) is 4.90. The number of rotatable bonds is 6. The molecule has 2 saturated heterocycles. The predicted octanol–water partition coefficient (Wildman–Crippen LogP) is 3.23. The summed E-state index contributed by atoms with van der Waals surface area (Å²) >= 11 is 0. The van der Waals surface area contributed by atoms with Crippen molar-refractivity contribution in [1.82, 2.24) is 15.1 Å². The van der Waals surface area contributed by atoms with E-state index in [9.17, 15) is 4.79 Å². The second-order valence-corrected chi connectivity index (χ2v) is 8.61. The summed E-state index contributed by atoms with van der Waals surface area (Å²) in [6.07, 6.45) is 2.99. The monoisotopic (exact) mass is 407 g/mol. The second kappa shape index (κ2) is 9.63. The molecular weight excluding hydrogens is 374 g/mol. The Kier molecular flexibility index (Phi) is 6.70. The molecule has 0 aromatic heterocycles. The van der Waals surface area contributed by atoms with Gasteiger partial charge >= 0.3 is 0 Å². The molecule has 0 bridgehead atoms. The number of likely N-dealkylation sites (N-methyl/N-ethyl adjacent to an activating group) is 1. The molecule has 0 unspecified atom stereocenters. The van der Waals surface area contributed by atoms with Crippen molar-refractivity contribution in [2.45, 2.75) is 50.9 Å². The van der Waals surface area contributed by atoms with E-state index in [0.29, 0.717) is 6.04 Å². The minimum atomic E-state index is -0.1000. The Hall–Kier alpha value is -2.37. The van der Waals surface area contributed by atoms with Crippen LogP contribution < -0.4 is 10.1 Å². The Bertz CT molecular complexity index is 833. The zero-order valence-corrected chi connectivity index (χ0v) is 18.1. The third-order valence-corrected chi connectivity index (χ3v) is 6.41. The number of para-hydroxylation sites is 1. The SMILES string of the molecule is CNC(=O)[C@@H]1C[C@H](Oc2ccccc2)CN1C1CCN(Cc2cccc(C)c2)CC1. The molecule has 2 aromatic rings. The Morgan fingerprint density at radius 1 is 1.10 bits per heavy atom. The van der Waals surface area contributed by atoms with Gasteiger partial charge in [-0.1, -0.05) is 48.0 Å². The van der Waals surface area contributed by atoms with E-state index in [1.165, 1.54) is 11.1 Å². The number of nitrogens with one attached hydrogen (secondary N) is 1. The molecule has 2 aliphatic rings. The lowest BCUT2D eigenvalue weighted by Gasteiger charge is -2.38. The van der Waals surface area contributed by atoms with E-state index in [0.717, 1.165) is 51.2 Å². The molecule has 2 fully saturated rings. The minimum Gasteiger partial charge on any atom is -0.489 e. The fraction of sp³-hybridized carbons (Fsp3) is 0.480. The summed E-state index contributed by atoms with van der Waals surface area (Å²) in [7, 11) is 1.73. The van der Waals surface area contributed by atoms with Crippen molar-refractivity contribution in [2.75, 3.05) is 26.7 Å². The first-order valence-electron chi connectivity index (χ1n) is 11.1. The van der Waals surface area contributed by atoms with Crippen molar-refractivity contribution in [3.05, 3.63) is 65.7 Å². The van der Waals surface area contributed by atoms with Crippen LogP contribution in [-0.4, -0.2) is 60.6 Å². The van der Waals surface area contributed by atoms with E-state index in [1.807, 2.05) is 30.3 Å². The first-order valence-corrected chi connectivity index (χ1v) is 11.1. The summed E-state index contributed by atoms with van der Waals surface area (Å²) in [5.41, 5.74) is 2.70. The maximum atomic E-state index is 12.6. The van der Waals surface area contributed by atoms with E-state index in [2.05, 4.69) is 46.3 Å². The van der Waals surface area contributed by atoms with Gasteiger partial charge in [0, 0.05) is 32.6 Å². The molecule has 4 rings (SSSR count). The van der Waals surface area contributed by atoms with Crippen LogP contribution in [0.5, 0.6) is 5.75 Å². The van der Waals surface area contributed by atoms with E-state index in [4.69, 9.17) is 4.74 Å². The summed E-state index contributed by atoms with van der Waals surface area (Å²) in [5.74, 6) is 0.990. The highest BCUT2D eigenvalue weighted by Gasteiger charge is 2.41. The number of likely N-dealkylation sites (tertiary alicyclic amines) is 2. The molecule has 2 aromatic carbocycles. The van der Waals surface area contributed by atoms with Gasteiger partial charge in [-0.3, -0.25) is 14.6 Å². The molecule has 30 heavy (non-hydrogen) atoms. The Morgan fingerprint density at radius 2 is 1.87 bits per heavy atom. The summed E-state index contributed by atoms with van der Waals surface area (Å²) in [4.78, 5) is 17.5. The standard InChI is InChI=1S/C25H33N3O2/c1-19-7-6-8-20(15-19)17-27-13-11-21(12-14-27)28-18-23(16-24(28)25(29)26-2)30-22-9-4-3-5-10-22/h3-10,15,21,23-24H,11-14,16-18H2,1-2H3,(H,26,29)/t23-,24-/m0/s1. The van der Waals surface area contributed by atoms with E-state index in [1.54, 1.807) is 7.05 Å². The molecular formula is C25H33N3O2. The average Bonchev–Trinajstić information content (AvgIpc) is 3.18. The van der Waals surface area contributed by atoms with Crippen molar-refractivity contribution in [3.63, 3.8) is 0 Å². The molecule has 160 valence electrons. The number of benzene rings is 2.